The van der Waals surface area contributed by atoms with Gasteiger partial charge in [0.1, 0.15) is 0 Å². The SMILES string of the molecule is CC(=O)c1ccc(C(F)(F)F)c(S(C)(=O)=O)c1C. The molecule has 3 nitrogen and oxygen atoms in total. The zero-order valence-electron chi connectivity index (χ0n) is 9.92. The van der Waals surface area contributed by atoms with Gasteiger partial charge in [0, 0.05) is 11.8 Å². The zero-order valence-corrected chi connectivity index (χ0v) is 10.7. The van der Waals surface area contributed by atoms with Gasteiger partial charge in [-0.2, -0.15) is 13.2 Å². The first-order chi connectivity index (χ1) is 7.96. The number of ketones is 1. The average Bonchev–Trinajstić information content (AvgIpc) is 2.12. The Hall–Kier alpha value is -1.37. The van der Waals surface area contributed by atoms with E-state index < -0.39 is 32.3 Å². The summed E-state index contributed by atoms with van der Waals surface area (Å²) in [5, 5.41) is 0. The maximum Gasteiger partial charge on any atom is 0.417 e. The summed E-state index contributed by atoms with van der Waals surface area (Å²) in [5.74, 6) is -0.480. The van der Waals surface area contributed by atoms with Crippen molar-refractivity contribution in [3.05, 3.63) is 28.8 Å². The molecule has 0 spiro atoms. The fourth-order valence-corrected chi connectivity index (χ4v) is 3.02. The van der Waals surface area contributed by atoms with E-state index in [-0.39, 0.29) is 11.1 Å². The topological polar surface area (TPSA) is 51.2 Å². The Balaban J connectivity index is 3.80. The van der Waals surface area contributed by atoms with Crippen molar-refractivity contribution in [3.8, 4) is 0 Å². The second-order valence-corrected chi connectivity index (χ2v) is 5.89. The molecule has 0 amide bonds. The lowest BCUT2D eigenvalue weighted by Crippen LogP contribution is -2.16. The van der Waals surface area contributed by atoms with Gasteiger partial charge in [-0.15, -0.1) is 0 Å². The maximum absolute atomic E-state index is 12.7. The largest absolute Gasteiger partial charge is 0.417 e. The van der Waals surface area contributed by atoms with Gasteiger partial charge < -0.3 is 0 Å². The minimum atomic E-state index is -4.78. The van der Waals surface area contributed by atoms with Crippen molar-refractivity contribution in [2.45, 2.75) is 24.9 Å². The number of hydrogen-bond donors (Lipinski definition) is 0. The van der Waals surface area contributed by atoms with Crippen LogP contribution in [0.25, 0.3) is 0 Å². The Morgan fingerprint density at radius 1 is 1.22 bits per heavy atom. The summed E-state index contributed by atoms with van der Waals surface area (Å²) in [6.45, 7) is 2.37. The van der Waals surface area contributed by atoms with E-state index in [0.29, 0.717) is 12.3 Å². The third-order valence-corrected chi connectivity index (χ3v) is 3.73. The van der Waals surface area contributed by atoms with Crippen molar-refractivity contribution in [2.24, 2.45) is 0 Å². The fourth-order valence-electron chi connectivity index (χ4n) is 1.77. The van der Waals surface area contributed by atoms with Crippen LogP contribution in [0, 0.1) is 6.92 Å². The monoisotopic (exact) mass is 280 g/mol. The zero-order chi connectivity index (χ0) is 14.3. The molecule has 1 aromatic carbocycles. The highest BCUT2D eigenvalue weighted by Crippen LogP contribution is 2.36. The quantitative estimate of drug-likeness (QED) is 0.782. The van der Waals surface area contributed by atoms with Crippen molar-refractivity contribution in [3.63, 3.8) is 0 Å². The summed E-state index contributed by atoms with van der Waals surface area (Å²) in [6.07, 6.45) is -4.09. The van der Waals surface area contributed by atoms with E-state index in [4.69, 9.17) is 0 Å². The molecule has 0 aliphatic rings. The molecule has 0 heterocycles. The van der Waals surface area contributed by atoms with Gasteiger partial charge in [0.15, 0.2) is 15.6 Å². The molecule has 1 rings (SSSR count). The van der Waals surface area contributed by atoms with E-state index in [1.54, 1.807) is 0 Å². The number of rotatable bonds is 2. The molecule has 0 unspecified atom stereocenters. The van der Waals surface area contributed by atoms with Gasteiger partial charge >= 0.3 is 6.18 Å². The van der Waals surface area contributed by atoms with Crippen LogP contribution in [-0.2, 0) is 16.0 Å². The second kappa shape index (κ2) is 4.38. The van der Waals surface area contributed by atoms with Crippen LogP contribution in [0.2, 0.25) is 0 Å². The lowest BCUT2D eigenvalue weighted by atomic mass is 10.0. The van der Waals surface area contributed by atoms with Gasteiger partial charge in [-0.25, -0.2) is 8.42 Å². The molecule has 0 aliphatic heterocycles. The van der Waals surface area contributed by atoms with Crippen molar-refractivity contribution < 1.29 is 26.4 Å². The summed E-state index contributed by atoms with van der Waals surface area (Å²) in [5.41, 5.74) is -1.43. The smallest absolute Gasteiger partial charge is 0.295 e. The molecule has 0 radical (unpaired) electrons. The lowest BCUT2D eigenvalue weighted by molar-refractivity contribution is -0.139. The number of alkyl halides is 3. The molecule has 0 aromatic heterocycles. The van der Waals surface area contributed by atoms with Gasteiger partial charge in [0.25, 0.3) is 0 Å². The molecule has 1 aromatic rings. The number of halogens is 3. The van der Waals surface area contributed by atoms with E-state index in [2.05, 4.69) is 0 Å². The first-order valence-electron chi connectivity index (χ1n) is 4.88. The first-order valence-corrected chi connectivity index (χ1v) is 6.77. The number of carbonyl (C=O) groups excluding carboxylic acids is 1. The summed E-state index contributed by atoms with van der Waals surface area (Å²) >= 11 is 0. The van der Waals surface area contributed by atoms with Crippen molar-refractivity contribution in [1.29, 1.82) is 0 Å². The van der Waals surface area contributed by atoms with Gasteiger partial charge in [-0.1, -0.05) is 6.07 Å². The molecule has 0 fully saturated rings. The Labute approximate surface area is 103 Å². The van der Waals surface area contributed by atoms with Crippen LogP contribution in [0.3, 0.4) is 0 Å². The molecular formula is C11H11F3O3S. The van der Waals surface area contributed by atoms with Crippen molar-refractivity contribution in [2.75, 3.05) is 6.26 Å². The van der Waals surface area contributed by atoms with E-state index in [9.17, 15) is 26.4 Å². The number of Topliss-reactive ketones (excluding diaryl/α,β-unsaturated/α-hetero) is 1. The molecule has 7 heteroatoms. The normalized spacial score (nSPS) is 12.6. The Morgan fingerprint density at radius 3 is 2.06 bits per heavy atom. The molecule has 0 aliphatic carbocycles. The highest BCUT2D eigenvalue weighted by molar-refractivity contribution is 7.90. The lowest BCUT2D eigenvalue weighted by Gasteiger charge is -2.15. The molecule has 18 heavy (non-hydrogen) atoms. The van der Waals surface area contributed by atoms with Gasteiger partial charge in [0.2, 0.25) is 0 Å². The highest BCUT2D eigenvalue weighted by Gasteiger charge is 2.37. The Kier molecular flexibility index (Phi) is 3.58. The van der Waals surface area contributed by atoms with Crippen LogP contribution >= 0.6 is 0 Å². The van der Waals surface area contributed by atoms with Crippen LogP contribution in [0.15, 0.2) is 17.0 Å². The number of sulfone groups is 1. The highest BCUT2D eigenvalue weighted by atomic mass is 32.2. The molecule has 0 bridgehead atoms. The van der Waals surface area contributed by atoms with Crippen LogP contribution < -0.4 is 0 Å². The predicted molar refractivity (Wildman–Crippen MR) is 59.3 cm³/mol. The van der Waals surface area contributed by atoms with Crippen molar-refractivity contribution in [1.82, 2.24) is 0 Å². The molecular weight excluding hydrogens is 269 g/mol. The van der Waals surface area contributed by atoms with E-state index in [1.807, 2.05) is 0 Å². The van der Waals surface area contributed by atoms with E-state index in [0.717, 1.165) is 6.07 Å². The Bertz CT molecular complexity index is 601. The molecule has 0 saturated heterocycles. The fraction of sp³-hybridized carbons (Fsp3) is 0.364. The molecule has 0 N–H and O–H groups in total. The van der Waals surface area contributed by atoms with E-state index in [1.165, 1.54) is 13.8 Å². The Morgan fingerprint density at radius 2 is 1.72 bits per heavy atom. The van der Waals surface area contributed by atoms with E-state index >= 15 is 0 Å². The second-order valence-electron chi connectivity index (χ2n) is 3.94. The van der Waals surface area contributed by atoms with Crippen LogP contribution in [-0.4, -0.2) is 20.5 Å². The number of carbonyl (C=O) groups is 1. The predicted octanol–water partition coefficient (Wildman–Crippen LogP) is 2.62. The van der Waals surface area contributed by atoms with Crippen LogP contribution in [0.5, 0.6) is 0 Å². The molecule has 100 valence electrons. The van der Waals surface area contributed by atoms with Gasteiger partial charge in [0.05, 0.1) is 10.5 Å². The average molecular weight is 280 g/mol. The molecule has 0 atom stereocenters. The van der Waals surface area contributed by atoms with Crippen LogP contribution in [0.1, 0.15) is 28.4 Å². The van der Waals surface area contributed by atoms with Gasteiger partial charge in [-0.3, -0.25) is 4.79 Å². The summed E-state index contributed by atoms with van der Waals surface area (Å²) < 4.78 is 61.2. The minimum absolute atomic E-state index is 0.0246. The first kappa shape index (κ1) is 14.7. The van der Waals surface area contributed by atoms with Gasteiger partial charge in [-0.05, 0) is 25.5 Å². The standard InChI is InChI=1S/C11H11F3O3S/c1-6-8(7(2)15)4-5-9(11(12,13)14)10(6)18(3,16)17/h4-5H,1-3H3. The van der Waals surface area contributed by atoms with Crippen LogP contribution in [0.4, 0.5) is 13.2 Å². The number of benzene rings is 1. The maximum atomic E-state index is 12.7. The third-order valence-electron chi connectivity index (χ3n) is 2.46. The third kappa shape index (κ3) is 2.72. The minimum Gasteiger partial charge on any atom is -0.295 e. The summed E-state index contributed by atoms with van der Waals surface area (Å²) in [4.78, 5) is 10.4. The van der Waals surface area contributed by atoms with Crippen molar-refractivity contribution >= 4 is 15.6 Å². The molecule has 0 saturated carbocycles. The summed E-state index contributed by atoms with van der Waals surface area (Å²) in [7, 11) is -4.08. The summed E-state index contributed by atoms with van der Waals surface area (Å²) in [6, 6.07) is 1.62. The number of hydrogen-bond acceptors (Lipinski definition) is 3.